The summed E-state index contributed by atoms with van der Waals surface area (Å²) < 4.78 is 43.8. The molecular formula is C41H37N3O6S. The van der Waals surface area contributed by atoms with Crippen molar-refractivity contribution in [2.75, 3.05) is 25.3 Å². The molecule has 1 aliphatic rings. The number of sulfone groups is 1. The topological polar surface area (TPSA) is 109 Å². The van der Waals surface area contributed by atoms with Crippen LogP contribution in [0.1, 0.15) is 40.0 Å². The van der Waals surface area contributed by atoms with Crippen LogP contribution in [0.4, 0.5) is 5.69 Å². The Morgan fingerprint density at radius 1 is 0.784 bits per heavy atom. The molecule has 0 bridgehead atoms. The highest BCUT2D eigenvalue weighted by molar-refractivity contribution is 7.90. The van der Waals surface area contributed by atoms with E-state index in [0.717, 1.165) is 35.8 Å². The SMILES string of the molecule is COCC1(Oc2cc(NC(=O)c3cn(C(c4ccccc4)(c4ccccc4)c4ccccc4)cn3)cc(Oc3ccc(S(C)(=O)=O)cc3)c2)CC1. The number of amides is 1. The van der Waals surface area contributed by atoms with Gasteiger partial charge in [-0.15, -0.1) is 0 Å². The van der Waals surface area contributed by atoms with E-state index in [-0.39, 0.29) is 10.6 Å². The standard InChI is InChI=1S/C41H37N3O6S/c1-48-28-40(22-23-40)50-36-25-33(24-35(26-36)49-34-18-20-37(21-19-34)51(2,46)47)43-39(45)38-27-44(29-42-38)41(30-12-6-3-7-13-30,31-14-8-4-9-15-31)32-16-10-5-11-17-32/h3-21,24-27,29H,22-23,28H2,1-2H3,(H,43,45). The lowest BCUT2D eigenvalue weighted by Crippen LogP contribution is -2.37. The van der Waals surface area contributed by atoms with Crippen LogP contribution >= 0.6 is 0 Å². The normalized spacial score (nSPS) is 13.7. The Morgan fingerprint density at radius 2 is 1.33 bits per heavy atom. The maximum absolute atomic E-state index is 13.9. The first-order valence-electron chi connectivity index (χ1n) is 16.5. The van der Waals surface area contributed by atoms with Crippen molar-refractivity contribution in [1.82, 2.24) is 9.55 Å². The van der Waals surface area contributed by atoms with Gasteiger partial charge in [-0.2, -0.15) is 0 Å². The highest BCUT2D eigenvalue weighted by atomic mass is 32.2. The molecule has 0 radical (unpaired) electrons. The van der Waals surface area contributed by atoms with Crippen molar-refractivity contribution in [3.63, 3.8) is 0 Å². The van der Waals surface area contributed by atoms with Crippen molar-refractivity contribution in [2.45, 2.75) is 28.9 Å². The second-order valence-corrected chi connectivity index (χ2v) is 14.7. The second-order valence-electron chi connectivity index (χ2n) is 12.7. The van der Waals surface area contributed by atoms with Gasteiger partial charge in [0.15, 0.2) is 9.84 Å². The number of carbonyl (C=O) groups excluding carboxylic acids is 1. The molecular weight excluding hydrogens is 663 g/mol. The van der Waals surface area contributed by atoms with E-state index in [0.29, 0.717) is 29.5 Å². The third kappa shape index (κ3) is 7.15. The maximum atomic E-state index is 13.9. The zero-order valence-electron chi connectivity index (χ0n) is 28.2. The molecule has 51 heavy (non-hydrogen) atoms. The lowest BCUT2D eigenvalue weighted by molar-refractivity contribution is 0.0638. The number of aromatic nitrogens is 2. The number of benzene rings is 5. The largest absolute Gasteiger partial charge is 0.485 e. The summed E-state index contributed by atoms with van der Waals surface area (Å²) in [6, 6.07) is 41.8. The molecule has 1 N–H and O–H groups in total. The molecule has 9 nitrogen and oxygen atoms in total. The van der Waals surface area contributed by atoms with Gasteiger partial charge in [0.2, 0.25) is 0 Å². The van der Waals surface area contributed by atoms with Crippen molar-refractivity contribution in [1.29, 1.82) is 0 Å². The Kier molecular flexibility index (Phi) is 9.20. The summed E-state index contributed by atoms with van der Waals surface area (Å²) in [6.07, 6.45) is 6.29. The van der Waals surface area contributed by atoms with Crippen LogP contribution in [-0.4, -0.2) is 49.4 Å². The van der Waals surface area contributed by atoms with Crippen LogP contribution in [0.5, 0.6) is 17.2 Å². The zero-order chi connectivity index (χ0) is 35.5. The fourth-order valence-corrected chi connectivity index (χ4v) is 7.02. The van der Waals surface area contributed by atoms with Gasteiger partial charge in [0.1, 0.15) is 34.1 Å². The van der Waals surface area contributed by atoms with Crippen molar-refractivity contribution >= 4 is 21.4 Å². The van der Waals surface area contributed by atoms with E-state index in [2.05, 4.69) is 46.7 Å². The van der Waals surface area contributed by atoms with Crippen molar-refractivity contribution in [2.24, 2.45) is 0 Å². The van der Waals surface area contributed by atoms with Gasteiger partial charge in [-0.25, -0.2) is 13.4 Å². The van der Waals surface area contributed by atoms with Gasteiger partial charge >= 0.3 is 0 Å². The number of nitrogens with zero attached hydrogens (tertiary/aromatic N) is 2. The monoisotopic (exact) mass is 699 g/mol. The molecule has 5 aromatic carbocycles. The van der Waals surface area contributed by atoms with E-state index in [1.807, 2.05) is 59.2 Å². The molecule has 10 heteroatoms. The van der Waals surface area contributed by atoms with Crippen LogP contribution < -0.4 is 14.8 Å². The van der Waals surface area contributed by atoms with Gasteiger partial charge < -0.3 is 24.1 Å². The van der Waals surface area contributed by atoms with E-state index < -0.39 is 26.9 Å². The minimum absolute atomic E-state index is 0.186. The van der Waals surface area contributed by atoms with Gasteiger partial charge in [-0.1, -0.05) is 91.0 Å². The number of imidazole rings is 1. The number of hydrogen-bond acceptors (Lipinski definition) is 7. The number of carbonyl (C=O) groups is 1. The van der Waals surface area contributed by atoms with Crippen LogP contribution in [0.25, 0.3) is 0 Å². The zero-order valence-corrected chi connectivity index (χ0v) is 29.0. The first kappa shape index (κ1) is 33.8. The van der Waals surface area contributed by atoms with Crippen molar-refractivity contribution in [3.8, 4) is 17.2 Å². The molecule has 1 amide bonds. The highest BCUT2D eigenvalue weighted by Gasteiger charge is 2.46. The number of methoxy groups -OCH3 is 1. The van der Waals surface area contributed by atoms with Gasteiger partial charge in [0.25, 0.3) is 5.91 Å². The lowest BCUT2D eigenvalue weighted by atomic mass is 9.77. The molecule has 1 saturated carbocycles. The summed E-state index contributed by atoms with van der Waals surface area (Å²) in [6.45, 7) is 0.427. The third-order valence-corrected chi connectivity index (χ3v) is 10.1. The molecule has 1 fully saturated rings. The van der Waals surface area contributed by atoms with Gasteiger partial charge in [-0.3, -0.25) is 4.79 Å². The quantitative estimate of drug-likeness (QED) is 0.123. The minimum Gasteiger partial charge on any atom is -0.485 e. The minimum atomic E-state index is -3.36. The highest BCUT2D eigenvalue weighted by Crippen LogP contribution is 2.43. The summed E-state index contributed by atoms with van der Waals surface area (Å²) in [5, 5.41) is 2.99. The lowest BCUT2D eigenvalue weighted by Gasteiger charge is -2.37. The fourth-order valence-electron chi connectivity index (χ4n) is 6.38. The molecule has 258 valence electrons. The van der Waals surface area contributed by atoms with E-state index in [9.17, 15) is 13.2 Å². The maximum Gasteiger partial charge on any atom is 0.275 e. The predicted molar refractivity (Wildman–Crippen MR) is 195 cm³/mol. The van der Waals surface area contributed by atoms with Crippen LogP contribution in [0.3, 0.4) is 0 Å². The average Bonchev–Trinajstić information content (AvgIpc) is 3.69. The number of ether oxygens (including phenoxy) is 3. The molecule has 0 unspecified atom stereocenters. The number of nitrogens with one attached hydrogen (secondary N) is 1. The van der Waals surface area contributed by atoms with E-state index in [1.165, 1.54) is 12.1 Å². The van der Waals surface area contributed by atoms with Crippen molar-refractivity contribution in [3.05, 3.63) is 168 Å². The Hall–Kier alpha value is -5.71. The van der Waals surface area contributed by atoms with Gasteiger partial charge in [0.05, 0.1) is 17.8 Å². The van der Waals surface area contributed by atoms with E-state index in [1.54, 1.807) is 50.0 Å². The Labute approximate surface area is 297 Å². The van der Waals surface area contributed by atoms with Crippen LogP contribution in [-0.2, 0) is 20.1 Å². The Bertz CT molecular complexity index is 2140. The summed E-state index contributed by atoms with van der Waals surface area (Å²) >= 11 is 0. The molecule has 6 aromatic rings. The average molecular weight is 700 g/mol. The molecule has 1 aromatic heterocycles. The van der Waals surface area contributed by atoms with Gasteiger partial charge in [-0.05, 0) is 53.8 Å². The summed E-state index contributed by atoms with van der Waals surface area (Å²) in [4.78, 5) is 18.7. The van der Waals surface area contributed by atoms with Crippen LogP contribution in [0.15, 0.2) is 151 Å². The molecule has 0 saturated heterocycles. The third-order valence-electron chi connectivity index (χ3n) is 8.95. The summed E-state index contributed by atoms with van der Waals surface area (Å²) in [5.74, 6) is 0.889. The molecule has 1 heterocycles. The first-order chi connectivity index (χ1) is 24.7. The van der Waals surface area contributed by atoms with Crippen molar-refractivity contribution < 1.29 is 27.4 Å². The second kappa shape index (κ2) is 13.9. The van der Waals surface area contributed by atoms with Gasteiger partial charge in [0, 0.05) is 43.4 Å². The van der Waals surface area contributed by atoms with E-state index in [4.69, 9.17) is 14.2 Å². The smallest absolute Gasteiger partial charge is 0.275 e. The fraction of sp³-hybridized carbons (Fsp3) is 0.171. The Morgan fingerprint density at radius 3 is 1.84 bits per heavy atom. The molecule has 0 aliphatic heterocycles. The number of rotatable bonds is 13. The van der Waals surface area contributed by atoms with E-state index >= 15 is 0 Å². The Balaban J connectivity index is 1.23. The summed E-state index contributed by atoms with van der Waals surface area (Å²) in [7, 11) is -1.73. The summed E-state index contributed by atoms with van der Waals surface area (Å²) in [5.41, 5.74) is 2.40. The number of anilines is 1. The van der Waals surface area contributed by atoms with Crippen LogP contribution in [0, 0.1) is 0 Å². The first-order valence-corrected chi connectivity index (χ1v) is 18.4. The number of hydrogen-bond donors (Lipinski definition) is 1. The molecule has 1 aliphatic carbocycles. The molecule has 7 rings (SSSR count). The molecule has 0 spiro atoms. The van der Waals surface area contributed by atoms with Crippen LogP contribution in [0.2, 0.25) is 0 Å². The predicted octanol–water partition coefficient (Wildman–Crippen LogP) is 7.73. The molecule has 0 atom stereocenters.